The molecule has 3 N–H and O–H groups in total. The zero-order valence-corrected chi connectivity index (χ0v) is 13.2. The summed E-state index contributed by atoms with van der Waals surface area (Å²) >= 11 is 0. The highest BCUT2D eigenvalue weighted by Crippen LogP contribution is 2.19. The molecule has 1 heterocycles. The molecule has 7 heteroatoms. The van der Waals surface area contributed by atoms with E-state index in [9.17, 15) is 9.59 Å². The zero-order chi connectivity index (χ0) is 17.0. The van der Waals surface area contributed by atoms with E-state index in [1.807, 2.05) is 24.3 Å². The Balaban J connectivity index is 2.05. The van der Waals surface area contributed by atoms with Crippen molar-refractivity contribution in [3.8, 4) is 11.3 Å². The van der Waals surface area contributed by atoms with Gasteiger partial charge in [-0.1, -0.05) is 18.2 Å². The van der Waals surface area contributed by atoms with Crippen LogP contribution in [0.25, 0.3) is 11.3 Å². The minimum Gasteiger partial charge on any atom is -0.477 e. The van der Waals surface area contributed by atoms with E-state index in [1.54, 1.807) is 20.8 Å². The molecular weight excluding hydrogens is 298 g/mol. The summed E-state index contributed by atoms with van der Waals surface area (Å²) in [5, 5.41) is 18.0. The molecule has 0 unspecified atom stereocenters. The standard InChI is InChI=1S/C16H19N3O4/c1-16(2,3)23-15(22)17-9-10-5-4-6-11(7-10)12-8-13(14(20)21)19-18-12/h4-8H,9H2,1-3H3,(H,17,22)(H,18,19)(H,20,21). The van der Waals surface area contributed by atoms with Crippen LogP contribution in [-0.2, 0) is 11.3 Å². The van der Waals surface area contributed by atoms with Crippen molar-refractivity contribution in [1.29, 1.82) is 0 Å². The molecule has 1 aromatic heterocycles. The molecular formula is C16H19N3O4. The average molecular weight is 317 g/mol. The van der Waals surface area contributed by atoms with Crippen LogP contribution >= 0.6 is 0 Å². The number of ether oxygens (including phenoxy) is 1. The molecule has 0 aliphatic carbocycles. The highest BCUT2D eigenvalue weighted by atomic mass is 16.6. The topological polar surface area (TPSA) is 104 Å². The largest absolute Gasteiger partial charge is 0.477 e. The van der Waals surface area contributed by atoms with Crippen LogP contribution in [0.5, 0.6) is 0 Å². The van der Waals surface area contributed by atoms with E-state index >= 15 is 0 Å². The van der Waals surface area contributed by atoms with Gasteiger partial charge in [-0.25, -0.2) is 9.59 Å². The number of benzene rings is 1. The van der Waals surface area contributed by atoms with Gasteiger partial charge >= 0.3 is 12.1 Å². The highest BCUT2D eigenvalue weighted by molar-refractivity contribution is 5.86. The van der Waals surface area contributed by atoms with Crippen molar-refractivity contribution in [1.82, 2.24) is 15.5 Å². The molecule has 23 heavy (non-hydrogen) atoms. The fraction of sp³-hybridized carbons (Fsp3) is 0.312. The molecule has 1 amide bonds. The number of nitrogens with zero attached hydrogens (tertiary/aromatic N) is 1. The fourth-order valence-electron chi connectivity index (χ4n) is 1.91. The number of rotatable bonds is 4. The van der Waals surface area contributed by atoms with Crippen LogP contribution in [0.15, 0.2) is 30.3 Å². The first kappa shape index (κ1) is 16.5. The summed E-state index contributed by atoms with van der Waals surface area (Å²) in [6.45, 7) is 5.69. The number of hydrogen-bond acceptors (Lipinski definition) is 4. The molecule has 0 radical (unpaired) electrons. The molecule has 0 atom stereocenters. The van der Waals surface area contributed by atoms with Crippen LogP contribution in [0.3, 0.4) is 0 Å². The number of aromatic amines is 1. The van der Waals surface area contributed by atoms with Gasteiger partial charge in [0.15, 0.2) is 0 Å². The summed E-state index contributed by atoms with van der Waals surface area (Å²) in [7, 11) is 0. The van der Waals surface area contributed by atoms with Gasteiger partial charge in [0.2, 0.25) is 0 Å². The van der Waals surface area contributed by atoms with Gasteiger partial charge in [-0.15, -0.1) is 0 Å². The van der Waals surface area contributed by atoms with Gasteiger partial charge in [0, 0.05) is 12.1 Å². The second kappa shape index (κ2) is 6.51. The van der Waals surface area contributed by atoms with Crippen LogP contribution in [0.1, 0.15) is 36.8 Å². The lowest BCUT2D eigenvalue weighted by Gasteiger charge is -2.19. The van der Waals surface area contributed by atoms with Crippen LogP contribution < -0.4 is 5.32 Å². The Kier molecular flexibility index (Phi) is 4.68. The van der Waals surface area contributed by atoms with Gasteiger partial charge in [-0.2, -0.15) is 5.10 Å². The first-order chi connectivity index (χ1) is 10.7. The summed E-state index contributed by atoms with van der Waals surface area (Å²) in [6.07, 6.45) is -0.490. The lowest BCUT2D eigenvalue weighted by molar-refractivity contribution is 0.0523. The molecule has 0 saturated heterocycles. The van der Waals surface area contributed by atoms with Gasteiger partial charge in [0.1, 0.15) is 11.3 Å². The Morgan fingerprint density at radius 2 is 2.04 bits per heavy atom. The number of H-pyrrole nitrogens is 1. The lowest BCUT2D eigenvalue weighted by Crippen LogP contribution is -2.32. The SMILES string of the molecule is CC(C)(C)OC(=O)NCc1cccc(-c2cc(C(=O)O)[nH]n2)c1. The van der Waals surface area contributed by atoms with Crippen LogP contribution in [0.2, 0.25) is 0 Å². The van der Waals surface area contributed by atoms with E-state index in [-0.39, 0.29) is 5.69 Å². The Morgan fingerprint density at radius 1 is 1.30 bits per heavy atom. The molecule has 0 aliphatic rings. The molecule has 0 bridgehead atoms. The van der Waals surface area contributed by atoms with E-state index in [0.717, 1.165) is 11.1 Å². The second-order valence-corrected chi connectivity index (χ2v) is 6.03. The number of carboxylic acid groups (broad SMARTS) is 1. The minimum atomic E-state index is -1.06. The van der Waals surface area contributed by atoms with E-state index in [1.165, 1.54) is 6.07 Å². The van der Waals surface area contributed by atoms with Gasteiger partial charge in [-0.05, 0) is 38.5 Å². The summed E-state index contributed by atoms with van der Waals surface area (Å²) in [5.41, 5.74) is 1.62. The normalized spacial score (nSPS) is 11.1. The van der Waals surface area contributed by atoms with Crippen LogP contribution in [0.4, 0.5) is 4.79 Å². The lowest BCUT2D eigenvalue weighted by atomic mass is 10.1. The van der Waals surface area contributed by atoms with Gasteiger partial charge in [-0.3, -0.25) is 5.10 Å². The predicted octanol–water partition coefficient (Wildman–Crippen LogP) is 2.80. The van der Waals surface area contributed by atoms with Crippen molar-refractivity contribution in [3.05, 3.63) is 41.6 Å². The van der Waals surface area contributed by atoms with Crippen molar-refractivity contribution in [2.45, 2.75) is 32.9 Å². The first-order valence-corrected chi connectivity index (χ1v) is 7.09. The maximum absolute atomic E-state index is 11.6. The highest BCUT2D eigenvalue weighted by Gasteiger charge is 2.16. The van der Waals surface area contributed by atoms with Crippen molar-refractivity contribution in [2.24, 2.45) is 0 Å². The van der Waals surface area contributed by atoms with Crippen molar-refractivity contribution < 1.29 is 19.4 Å². The molecule has 0 aliphatic heterocycles. The van der Waals surface area contributed by atoms with Crippen LogP contribution in [0, 0.1) is 0 Å². The summed E-state index contributed by atoms with van der Waals surface area (Å²) in [4.78, 5) is 22.5. The Morgan fingerprint density at radius 3 is 2.65 bits per heavy atom. The molecule has 2 aromatic rings. The third-order valence-electron chi connectivity index (χ3n) is 2.87. The van der Waals surface area contributed by atoms with E-state index in [4.69, 9.17) is 9.84 Å². The third-order valence-corrected chi connectivity index (χ3v) is 2.87. The summed E-state index contributed by atoms with van der Waals surface area (Å²) in [5.74, 6) is -1.06. The second-order valence-electron chi connectivity index (χ2n) is 6.03. The molecule has 122 valence electrons. The minimum absolute atomic E-state index is 0.0253. The van der Waals surface area contributed by atoms with Crippen molar-refractivity contribution in [2.75, 3.05) is 0 Å². The molecule has 0 fully saturated rings. The number of carbonyl (C=O) groups is 2. The maximum atomic E-state index is 11.6. The number of carbonyl (C=O) groups excluding carboxylic acids is 1. The molecule has 1 aromatic carbocycles. The number of carboxylic acids is 1. The van der Waals surface area contributed by atoms with Crippen LogP contribution in [-0.4, -0.2) is 33.0 Å². The predicted molar refractivity (Wildman–Crippen MR) is 84.1 cm³/mol. The number of aromatic nitrogens is 2. The quantitative estimate of drug-likeness (QED) is 0.804. The van der Waals surface area contributed by atoms with Gasteiger partial charge < -0.3 is 15.2 Å². The van der Waals surface area contributed by atoms with E-state index < -0.39 is 17.7 Å². The number of alkyl carbamates (subject to hydrolysis) is 1. The van der Waals surface area contributed by atoms with E-state index in [2.05, 4.69) is 15.5 Å². The van der Waals surface area contributed by atoms with Gasteiger partial charge in [0.05, 0.1) is 5.69 Å². The Bertz CT molecular complexity index is 716. The fourth-order valence-corrected chi connectivity index (χ4v) is 1.91. The zero-order valence-electron chi connectivity index (χ0n) is 13.2. The number of nitrogens with one attached hydrogen (secondary N) is 2. The van der Waals surface area contributed by atoms with E-state index in [0.29, 0.717) is 12.2 Å². The third kappa shape index (κ3) is 4.84. The smallest absolute Gasteiger partial charge is 0.407 e. The monoisotopic (exact) mass is 317 g/mol. The average Bonchev–Trinajstić information content (AvgIpc) is 2.94. The summed E-state index contributed by atoms with van der Waals surface area (Å²) < 4.78 is 5.17. The number of aromatic carboxylic acids is 1. The Labute approximate surface area is 133 Å². The maximum Gasteiger partial charge on any atom is 0.407 e. The van der Waals surface area contributed by atoms with Gasteiger partial charge in [0.25, 0.3) is 0 Å². The summed E-state index contributed by atoms with van der Waals surface area (Å²) in [6, 6.07) is 8.78. The Hall–Kier alpha value is -2.83. The number of hydrogen-bond donors (Lipinski definition) is 3. The van der Waals surface area contributed by atoms with Crippen molar-refractivity contribution >= 4 is 12.1 Å². The van der Waals surface area contributed by atoms with Crippen molar-refractivity contribution in [3.63, 3.8) is 0 Å². The molecule has 0 saturated carbocycles. The molecule has 0 spiro atoms. The molecule has 2 rings (SSSR count). The number of amides is 1. The molecule has 7 nitrogen and oxygen atoms in total. The first-order valence-electron chi connectivity index (χ1n) is 7.09.